The van der Waals surface area contributed by atoms with Gasteiger partial charge < -0.3 is 9.73 Å². The van der Waals surface area contributed by atoms with Gasteiger partial charge in [-0.15, -0.1) is 0 Å². The van der Waals surface area contributed by atoms with Gasteiger partial charge >= 0.3 is 0 Å². The van der Waals surface area contributed by atoms with E-state index < -0.39 is 0 Å². The molecule has 0 saturated carbocycles. The highest BCUT2D eigenvalue weighted by Crippen LogP contribution is 2.00. The first-order valence-electron chi connectivity index (χ1n) is 4.68. The maximum Gasteiger partial charge on any atom is 0.0902 e. The third-order valence-corrected chi connectivity index (χ3v) is 1.88. The minimum absolute atomic E-state index is 1.25. The van der Waals surface area contributed by atoms with Crippen molar-refractivity contribution in [2.24, 2.45) is 0 Å². The molecule has 2 nitrogen and oxygen atoms in total. The van der Waals surface area contributed by atoms with Crippen molar-refractivity contribution >= 4 is 0 Å². The van der Waals surface area contributed by atoms with Crippen LogP contribution >= 0.6 is 0 Å². The van der Waals surface area contributed by atoms with Crippen LogP contribution in [0.5, 0.6) is 0 Å². The van der Waals surface area contributed by atoms with Gasteiger partial charge in [-0.1, -0.05) is 12.8 Å². The number of furan rings is 1. The summed E-state index contributed by atoms with van der Waals surface area (Å²) < 4.78 is 4.58. The lowest BCUT2D eigenvalue weighted by Gasteiger charge is -1.91. The van der Waals surface area contributed by atoms with Crippen LogP contribution in [0.3, 0.4) is 0 Å². The molecular formula is C10H17NO. The summed E-state index contributed by atoms with van der Waals surface area (Å²) in [6.07, 6.45) is 8.90. The quantitative estimate of drug-likeness (QED) is 0.642. The van der Waals surface area contributed by atoms with Gasteiger partial charge in [0.25, 0.3) is 0 Å². The molecule has 0 aromatic carbocycles. The molecule has 0 bridgehead atoms. The zero-order chi connectivity index (χ0) is 8.49. The Balaban J connectivity index is 0.000000127. The Morgan fingerprint density at radius 2 is 1.42 bits per heavy atom. The molecule has 0 radical (unpaired) electrons. The molecule has 0 unspecified atom stereocenters. The molecule has 1 N–H and O–H groups in total. The summed E-state index contributed by atoms with van der Waals surface area (Å²) in [5.41, 5.74) is 0. The smallest absolute Gasteiger partial charge is 0.0902 e. The van der Waals surface area contributed by atoms with E-state index in [2.05, 4.69) is 9.73 Å². The van der Waals surface area contributed by atoms with E-state index in [1.165, 1.54) is 38.8 Å². The number of rotatable bonds is 0. The summed E-state index contributed by atoms with van der Waals surface area (Å²) in [5.74, 6) is 0. The second-order valence-corrected chi connectivity index (χ2v) is 2.96. The number of hydrogen-bond acceptors (Lipinski definition) is 2. The van der Waals surface area contributed by atoms with E-state index in [4.69, 9.17) is 0 Å². The van der Waals surface area contributed by atoms with Crippen LogP contribution in [-0.4, -0.2) is 13.1 Å². The van der Waals surface area contributed by atoms with Crippen LogP contribution in [0.1, 0.15) is 25.7 Å². The molecule has 2 heteroatoms. The van der Waals surface area contributed by atoms with Gasteiger partial charge in [-0.05, 0) is 38.1 Å². The predicted molar refractivity (Wildman–Crippen MR) is 50.0 cm³/mol. The Morgan fingerprint density at radius 1 is 0.833 bits per heavy atom. The second kappa shape index (κ2) is 6.92. The van der Waals surface area contributed by atoms with Crippen molar-refractivity contribution in [2.45, 2.75) is 25.7 Å². The average Bonchev–Trinajstić information content (AvgIpc) is 2.54. The summed E-state index contributed by atoms with van der Waals surface area (Å²) in [6.45, 7) is 2.50. The summed E-state index contributed by atoms with van der Waals surface area (Å²) in [4.78, 5) is 0. The van der Waals surface area contributed by atoms with Gasteiger partial charge in [-0.2, -0.15) is 0 Å². The second-order valence-electron chi connectivity index (χ2n) is 2.96. The minimum Gasteiger partial charge on any atom is -0.473 e. The van der Waals surface area contributed by atoms with Crippen LogP contribution in [0.25, 0.3) is 0 Å². The Kier molecular flexibility index (Phi) is 5.38. The zero-order valence-corrected chi connectivity index (χ0v) is 7.46. The topological polar surface area (TPSA) is 25.2 Å². The molecule has 0 atom stereocenters. The van der Waals surface area contributed by atoms with Crippen molar-refractivity contribution in [2.75, 3.05) is 13.1 Å². The Bertz CT molecular complexity index is 123. The van der Waals surface area contributed by atoms with Gasteiger partial charge in [0.15, 0.2) is 0 Å². The maximum absolute atomic E-state index is 4.58. The number of nitrogens with one attached hydrogen (secondary N) is 1. The minimum atomic E-state index is 1.25. The van der Waals surface area contributed by atoms with Crippen molar-refractivity contribution < 1.29 is 4.42 Å². The van der Waals surface area contributed by atoms with Crippen molar-refractivity contribution in [3.05, 3.63) is 24.7 Å². The monoisotopic (exact) mass is 167 g/mol. The first-order chi connectivity index (χ1) is 6.00. The van der Waals surface area contributed by atoms with E-state index in [0.717, 1.165) is 0 Å². The van der Waals surface area contributed by atoms with Gasteiger partial charge in [-0.25, -0.2) is 0 Å². The van der Waals surface area contributed by atoms with Crippen LogP contribution in [0.2, 0.25) is 0 Å². The molecule has 0 aliphatic carbocycles. The van der Waals surface area contributed by atoms with Crippen molar-refractivity contribution in [3.63, 3.8) is 0 Å². The molecule has 1 aromatic rings. The molecule has 1 fully saturated rings. The van der Waals surface area contributed by atoms with Crippen LogP contribution < -0.4 is 5.32 Å². The molecule has 1 aliphatic rings. The van der Waals surface area contributed by atoms with E-state index in [9.17, 15) is 0 Å². The van der Waals surface area contributed by atoms with Crippen molar-refractivity contribution in [1.82, 2.24) is 5.32 Å². The van der Waals surface area contributed by atoms with E-state index in [-0.39, 0.29) is 0 Å². The molecule has 1 aromatic heterocycles. The fourth-order valence-corrected chi connectivity index (χ4v) is 1.21. The Hall–Kier alpha value is -0.760. The zero-order valence-electron chi connectivity index (χ0n) is 7.46. The summed E-state index contributed by atoms with van der Waals surface area (Å²) in [6, 6.07) is 3.67. The lowest BCUT2D eigenvalue weighted by atomic mass is 10.2. The highest BCUT2D eigenvalue weighted by Gasteiger charge is 1.94. The highest BCUT2D eigenvalue weighted by atomic mass is 16.3. The average molecular weight is 167 g/mol. The normalized spacial score (nSPS) is 17.3. The van der Waals surface area contributed by atoms with Gasteiger partial charge in [0.1, 0.15) is 0 Å². The molecule has 2 heterocycles. The lowest BCUT2D eigenvalue weighted by molar-refractivity contribution is 0.567. The molecule has 12 heavy (non-hydrogen) atoms. The van der Waals surface area contributed by atoms with E-state index >= 15 is 0 Å². The molecule has 1 aliphatic heterocycles. The summed E-state index contributed by atoms with van der Waals surface area (Å²) >= 11 is 0. The molecule has 2 rings (SSSR count). The third kappa shape index (κ3) is 4.97. The number of hydrogen-bond donors (Lipinski definition) is 1. The standard InChI is InChI=1S/C6H13N.C4H4O/c1-2-4-6-7-5-3-1;1-2-4-5-3-1/h7H,1-6H2;1-4H. The van der Waals surface area contributed by atoms with Crippen molar-refractivity contribution in [1.29, 1.82) is 0 Å². The maximum atomic E-state index is 4.58. The SMILES string of the molecule is C1CCCNCC1.c1ccoc1. The Labute approximate surface area is 74.0 Å². The summed E-state index contributed by atoms with van der Waals surface area (Å²) in [5, 5.41) is 3.35. The van der Waals surface area contributed by atoms with Crippen molar-refractivity contribution in [3.8, 4) is 0 Å². The predicted octanol–water partition coefficient (Wildman–Crippen LogP) is 2.43. The van der Waals surface area contributed by atoms with E-state index in [0.29, 0.717) is 0 Å². The van der Waals surface area contributed by atoms with Gasteiger partial charge in [-0.3, -0.25) is 0 Å². The molecule has 0 spiro atoms. The van der Waals surface area contributed by atoms with Crippen LogP contribution in [0.15, 0.2) is 29.1 Å². The molecule has 1 saturated heterocycles. The van der Waals surface area contributed by atoms with E-state index in [1.54, 1.807) is 12.5 Å². The largest absolute Gasteiger partial charge is 0.473 e. The first kappa shape index (κ1) is 9.33. The lowest BCUT2D eigenvalue weighted by Crippen LogP contribution is -2.12. The molecule has 68 valence electrons. The van der Waals surface area contributed by atoms with Crippen LogP contribution in [-0.2, 0) is 0 Å². The fraction of sp³-hybridized carbons (Fsp3) is 0.600. The molecular weight excluding hydrogens is 150 g/mol. The first-order valence-corrected chi connectivity index (χ1v) is 4.68. The van der Waals surface area contributed by atoms with Gasteiger partial charge in [0.05, 0.1) is 12.5 Å². The van der Waals surface area contributed by atoms with Gasteiger partial charge in [0, 0.05) is 0 Å². The third-order valence-electron chi connectivity index (χ3n) is 1.88. The van der Waals surface area contributed by atoms with Crippen LogP contribution in [0.4, 0.5) is 0 Å². The Morgan fingerprint density at radius 3 is 1.83 bits per heavy atom. The fourth-order valence-electron chi connectivity index (χ4n) is 1.21. The van der Waals surface area contributed by atoms with Crippen LogP contribution in [0, 0.1) is 0 Å². The van der Waals surface area contributed by atoms with Gasteiger partial charge in [0.2, 0.25) is 0 Å². The molecule has 0 amide bonds. The highest BCUT2D eigenvalue weighted by molar-refractivity contribution is 4.79. The van der Waals surface area contributed by atoms with E-state index in [1.807, 2.05) is 12.1 Å². The summed E-state index contributed by atoms with van der Waals surface area (Å²) in [7, 11) is 0.